The fraction of sp³-hybridized carbons (Fsp3) is 0.562. The van der Waals surface area contributed by atoms with E-state index in [9.17, 15) is 0 Å². The molecule has 1 aromatic heterocycles. The first-order chi connectivity index (χ1) is 11.7. The predicted octanol–water partition coefficient (Wildman–Crippen LogP) is 1.31. The van der Waals surface area contributed by atoms with Gasteiger partial charge < -0.3 is 9.64 Å². The van der Waals surface area contributed by atoms with Gasteiger partial charge in [-0.15, -0.1) is 5.10 Å². The van der Waals surface area contributed by atoms with Crippen molar-refractivity contribution in [2.45, 2.75) is 12.6 Å². The van der Waals surface area contributed by atoms with Crippen molar-refractivity contribution in [2.75, 3.05) is 46.9 Å². The minimum Gasteiger partial charge on any atom is -0.383 e. The zero-order valence-corrected chi connectivity index (χ0v) is 14.9. The molecular weight excluding hydrogens is 328 g/mol. The Bertz CT molecular complexity index is 656. The number of aromatic nitrogens is 4. The van der Waals surface area contributed by atoms with Gasteiger partial charge in [0.2, 0.25) is 0 Å². The van der Waals surface area contributed by atoms with Gasteiger partial charge in [0.15, 0.2) is 5.82 Å². The van der Waals surface area contributed by atoms with Crippen LogP contribution < -0.4 is 0 Å². The van der Waals surface area contributed by atoms with Gasteiger partial charge in [0, 0.05) is 38.3 Å². The van der Waals surface area contributed by atoms with E-state index in [-0.39, 0.29) is 6.04 Å². The summed E-state index contributed by atoms with van der Waals surface area (Å²) in [5, 5.41) is 13.1. The third-order valence-electron chi connectivity index (χ3n) is 4.41. The average molecular weight is 351 g/mol. The first-order valence-corrected chi connectivity index (χ1v) is 8.50. The van der Waals surface area contributed by atoms with Gasteiger partial charge in [0.25, 0.3) is 0 Å². The van der Waals surface area contributed by atoms with E-state index in [4.69, 9.17) is 16.3 Å². The topological polar surface area (TPSA) is 59.3 Å². The Balaban J connectivity index is 1.96. The minimum atomic E-state index is -0.0562. The van der Waals surface area contributed by atoms with Crippen LogP contribution in [0.3, 0.4) is 0 Å². The van der Waals surface area contributed by atoms with Crippen molar-refractivity contribution in [3.8, 4) is 0 Å². The van der Waals surface area contributed by atoms with Crippen molar-refractivity contribution in [3.63, 3.8) is 0 Å². The van der Waals surface area contributed by atoms with Crippen LogP contribution in [-0.2, 0) is 11.3 Å². The molecule has 1 fully saturated rings. The minimum absolute atomic E-state index is 0.0562. The molecule has 0 amide bonds. The quantitative estimate of drug-likeness (QED) is 0.783. The third-order valence-corrected chi connectivity index (χ3v) is 4.76. The van der Waals surface area contributed by atoms with E-state index in [1.165, 1.54) is 0 Å². The Morgan fingerprint density at radius 2 is 1.96 bits per heavy atom. The lowest BCUT2D eigenvalue weighted by Crippen LogP contribution is -2.46. The van der Waals surface area contributed by atoms with Crippen LogP contribution in [0.4, 0.5) is 0 Å². The van der Waals surface area contributed by atoms with Gasteiger partial charge in [-0.2, -0.15) is 0 Å². The summed E-state index contributed by atoms with van der Waals surface area (Å²) in [5.74, 6) is 0.810. The second kappa shape index (κ2) is 8.02. The molecule has 1 aliphatic rings. The van der Waals surface area contributed by atoms with Gasteiger partial charge in [-0.25, -0.2) is 4.68 Å². The molecule has 2 aromatic rings. The van der Waals surface area contributed by atoms with E-state index in [1.807, 2.05) is 22.9 Å². The second-order valence-electron chi connectivity index (χ2n) is 6.02. The highest BCUT2D eigenvalue weighted by atomic mass is 35.5. The zero-order chi connectivity index (χ0) is 16.9. The van der Waals surface area contributed by atoms with Gasteiger partial charge in [0.1, 0.15) is 0 Å². The number of ether oxygens (including phenoxy) is 1. The third kappa shape index (κ3) is 3.75. The van der Waals surface area contributed by atoms with Crippen LogP contribution in [-0.4, -0.2) is 77.0 Å². The molecule has 3 rings (SSSR count). The Kier molecular flexibility index (Phi) is 5.78. The monoisotopic (exact) mass is 350 g/mol. The molecule has 0 saturated carbocycles. The van der Waals surface area contributed by atoms with Crippen molar-refractivity contribution < 1.29 is 4.74 Å². The summed E-state index contributed by atoms with van der Waals surface area (Å²) in [6.07, 6.45) is 0. The number of nitrogens with zero attached hydrogens (tertiary/aromatic N) is 6. The van der Waals surface area contributed by atoms with Gasteiger partial charge >= 0.3 is 0 Å². The highest BCUT2D eigenvalue weighted by Gasteiger charge is 2.31. The van der Waals surface area contributed by atoms with E-state index >= 15 is 0 Å². The summed E-state index contributed by atoms with van der Waals surface area (Å²) < 4.78 is 6.99. The number of likely N-dealkylation sites (N-methyl/N-ethyl adjacent to an activating group) is 1. The lowest BCUT2D eigenvalue weighted by molar-refractivity contribution is 0.119. The summed E-state index contributed by atoms with van der Waals surface area (Å²) in [6.45, 7) is 5.11. The van der Waals surface area contributed by atoms with Gasteiger partial charge in [-0.3, -0.25) is 4.90 Å². The smallest absolute Gasteiger partial charge is 0.173 e. The van der Waals surface area contributed by atoms with E-state index in [2.05, 4.69) is 38.4 Å². The molecule has 0 bridgehead atoms. The van der Waals surface area contributed by atoms with Crippen molar-refractivity contribution in [1.82, 2.24) is 30.0 Å². The first-order valence-electron chi connectivity index (χ1n) is 8.12. The molecule has 1 aromatic carbocycles. The molecular formula is C16H23ClN6O. The van der Waals surface area contributed by atoms with E-state index < -0.39 is 0 Å². The Labute approximate surface area is 147 Å². The number of tetrazole rings is 1. The maximum atomic E-state index is 6.50. The molecule has 0 radical (unpaired) electrons. The number of halogens is 1. The van der Waals surface area contributed by atoms with Crippen LogP contribution in [0, 0.1) is 0 Å². The normalized spacial score (nSPS) is 18.0. The molecule has 1 atom stereocenters. The van der Waals surface area contributed by atoms with Gasteiger partial charge in [-0.1, -0.05) is 29.8 Å². The molecule has 1 saturated heterocycles. The second-order valence-corrected chi connectivity index (χ2v) is 6.42. The van der Waals surface area contributed by atoms with Crippen molar-refractivity contribution in [2.24, 2.45) is 0 Å². The highest BCUT2D eigenvalue weighted by Crippen LogP contribution is 2.32. The first kappa shape index (κ1) is 17.3. The van der Waals surface area contributed by atoms with Crippen molar-refractivity contribution in [1.29, 1.82) is 0 Å². The largest absolute Gasteiger partial charge is 0.383 e. The van der Waals surface area contributed by atoms with Crippen LogP contribution in [0.15, 0.2) is 24.3 Å². The number of methoxy groups -OCH3 is 1. The number of benzene rings is 1. The Hall–Kier alpha value is -1.54. The fourth-order valence-corrected chi connectivity index (χ4v) is 3.26. The summed E-state index contributed by atoms with van der Waals surface area (Å²) in [6, 6.07) is 7.87. The van der Waals surface area contributed by atoms with E-state index in [0.29, 0.717) is 13.2 Å². The number of piperazine rings is 1. The predicted molar refractivity (Wildman–Crippen MR) is 92.1 cm³/mol. The summed E-state index contributed by atoms with van der Waals surface area (Å²) >= 11 is 6.50. The van der Waals surface area contributed by atoms with Crippen LogP contribution in [0.1, 0.15) is 17.4 Å². The fourth-order valence-electron chi connectivity index (χ4n) is 3.02. The zero-order valence-electron chi connectivity index (χ0n) is 14.1. The Morgan fingerprint density at radius 1 is 1.21 bits per heavy atom. The summed E-state index contributed by atoms with van der Waals surface area (Å²) in [4.78, 5) is 4.73. The van der Waals surface area contributed by atoms with Crippen LogP contribution in [0.25, 0.3) is 0 Å². The Morgan fingerprint density at radius 3 is 2.67 bits per heavy atom. The average Bonchev–Trinajstić information content (AvgIpc) is 3.05. The molecule has 130 valence electrons. The maximum Gasteiger partial charge on any atom is 0.173 e. The van der Waals surface area contributed by atoms with Crippen LogP contribution in [0.5, 0.6) is 0 Å². The molecule has 2 heterocycles. The SMILES string of the molecule is COCCn1nnnc1C(c1ccccc1Cl)N1CCN(C)CC1. The van der Waals surface area contributed by atoms with Crippen LogP contribution >= 0.6 is 11.6 Å². The number of hydrogen-bond acceptors (Lipinski definition) is 6. The molecule has 24 heavy (non-hydrogen) atoms. The lowest BCUT2D eigenvalue weighted by Gasteiger charge is -2.37. The van der Waals surface area contributed by atoms with Gasteiger partial charge in [0.05, 0.1) is 19.2 Å². The number of hydrogen-bond donors (Lipinski definition) is 0. The van der Waals surface area contributed by atoms with Gasteiger partial charge in [-0.05, 0) is 29.1 Å². The standard InChI is InChI=1S/C16H23ClN6O/c1-21-7-9-22(10-8-21)15(13-5-3-4-6-14(13)17)16-18-19-20-23(16)11-12-24-2/h3-6,15H,7-12H2,1-2H3. The summed E-state index contributed by atoms with van der Waals surface area (Å²) in [5.41, 5.74) is 1.04. The molecule has 0 aliphatic carbocycles. The molecule has 0 N–H and O–H groups in total. The molecule has 1 aliphatic heterocycles. The molecule has 8 heteroatoms. The molecule has 1 unspecified atom stereocenters. The van der Waals surface area contributed by atoms with Crippen molar-refractivity contribution >= 4 is 11.6 Å². The van der Waals surface area contributed by atoms with Crippen LogP contribution in [0.2, 0.25) is 5.02 Å². The summed E-state index contributed by atoms with van der Waals surface area (Å²) in [7, 11) is 3.82. The highest BCUT2D eigenvalue weighted by molar-refractivity contribution is 6.31. The molecule has 7 nitrogen and oxygen atoms in total. The lowest BCUT2D eigenvalue weighted by atomic mass is 10.0. The van der Waals surface area contributed by atoms with E-state index in [1.54, 1.807) is 7.11 Å². The molecule has 0 spiro atoms. The van der Waals surface area contributed by atoms with E-state index in [0.717, 1.165) is 42.6 Å². The maximum absolute atomic E-state index is 6.50. The number of rotatable bonds is 6. The van der Waals surface area contributed by atoms with Crippen molar-refractivity contribution in [3.05, 3.63) is 40.7 Å².